The lowest BCUT2D eigenvalue weighted by Crippen LogP contribution is -1.88. The van der Waals surface area contributed by atoms with Gasteiger partial charge in [0.05, 0.1) is 11.2 Å². The van der Waals surface area contributed by atoms with Gasteiger partial charge in [-0.2, -0.15) is 5.10 Å². The highest BCUT2D eigenvalue weighted by Gasteiger charge is 1.95. The van der Waals surface area contributed by atoms with Crippen molar-refractivity contribution in [2.45, 2.75) is 11.9 Å². The topological polar surface area (TPSA) is 17.8 Å². The van der Waals surface area contributed by atoms with E-state index in [2.05, 4.69) is 17.7 Å². The Kier molecular flexibility index (Phi) is 1.29. The van der Waals surface area contributed by atoms with E-state index < -0.39 is 0 Å². The molecule has 0 atom stereocenters. The van der Waals surface area contributed by atoms with Crippen LogP contribution in [0.3, 0.4) is 0 Å². The minimum absolute atomic E-state index is 0.935. The maximum Gasteiger partial charge on any atom is 0.0935 e. The zero-order valence-corrected chi connectivity index (χ0v) is 5.81. The SMILES string of the molecule is Cc1cnn(C)c1S. The fraction of sp³-hybridized carbons (Fsp3) is 0.400. The highest BCUT2D eigenvalue weighted by molar-refractivity contribution is 7.80. The van der Waals surface area contributed by atoms with Crippen LogP contribution in [-0.2, 0) is 7.05 Å². The molecule has 0 aliphatic carbocycles. The molecule has 0 aromatic carbocycles. The Morgan fingerprint density at radius 3 is 2.50 bits per heavy atom. The molecule has 0 saturated heterocycles. The van der Waals surface area contributed by atoms with E-state index in [1.54, 1.807) is 10.9 Å². The number of nitrogens with zero attached hydrogens (tertiary/aromatic N) is 2. The van der Waals surface area contributed by atoms with Crippen molar-refractivity contribution in [1.29, 1.82) is 0 Å². The van der Waals surface area contributed by atoms with E-state index in [9.17, 15) is 0 Å². The zero-order valence-electron chi connectivity index (χ0n) is 4.92. The van der Waals surface area contributed by atoms with E-state index >= 15 is 0 Å². The summed E-state index contributed by atoms with van der Waals surface area (Å²) >= 11 is 4.16. The average Bonchev–Trinajstić information content (AvgIpc) is 1.98. The second-order valence-corrected chi connectivity index (χ2v) is 2.20. The molecule has 0 amide bonds. The van der Waals surface area contributed by atoms with Crippen LogP contribution in [-0.4, -0.2) is 9.78 Å². The van der Waals surface area contributed by atoms with Crippen LogP contribution in [0.5, 0.6) is 0 Å². The zero-order chi connectivity index (χ0) is 6.15. The molecule has 1 heterocycles. The summed E-state index contributed by atoms with van der Waals surface area (Å²) < 4.78 is 1.73. The van der Waals surface area contributed by atoms with Crippen LogP contribution in [0.25, 0.3) is 0 Å². The van der Waals surface area contributed by atoms with Crippen molar-refractivity contribution in [1.82, 2.24) is 9.78 Å². The smallest absolute Gasteiger partial charge is 0.0935 e. The minimum atomic E-state index is 0.935. The predicted molar refractivity (Wildman–Crippen MR) is 35.2 cm³/mol. The van der Waals surface area contributed by atoms with E-state index in [0.29, 0.717) is 0 Å². The highest BCUT2D eigenvalue weighted by Crippen LogP contribution is 2.08. The third kappa shape index (κ3) is 0.733. The van der Waals surface area contributed by atoms with Gasteiger partial charge in [-0.15, -0.1) is 12.6 Å². The Morgan fingerprint density at radius 1 is 1.75 bits per heavy atom. The summed E-state index contributed by atoms with van der Waals surface area (Å²) in [5, 5.41) is 4.89. The predicted octanol–water partition coefficient (Wildman–Crippen LogP) is 1.02. The maximum atomic E-state index is 4.16. The summed E-state index contributed by atoms with van der Waals surface area (Å²) in [5.41, 5.74) is 1.12. The normalized spacial score (nSPS) is 9.88. The molecule has 3 heteroatoms. The fourth-order valence-corrected chi connectivity index (χ4v) is 0.650. The average molecular weight is 128 g/mol. The number of rotatable bonds is 0. The van der Waals surface area contributed by atoms with Gasteiger partial charge in [0.15, 0.2) is 0 Å². The lowest BCUT2D eigenvalue weighted by atomic mass is 10.4. The highest BCUT2D eigenvalue weighted by atomic mass is 32.1. The molecule has 1 aromatic rings. The van der Waals surface area contributed by atoms with Gasteiger partial charge in [0.1, 0.15) is 0 Å². The molecular formula is C5H8N2S. The summed E-state index contributed by atoms with van der Waals surface area (Å²) in [7, 11) is 1.87. The fourth-order valence-electron chi connectivity index (χ4n) is 0.541. The molecule has 0 saturated carbocycles. The van der Waals surface area contributed by atoms with Crippen molar-refractivity contribution in [2.24, 2.45) is 7.05 Å². The summed E-state index contributed by atoms with van der Waals surface area (Å²) in [6.07, 6.45) is 1.79. The van der Waals surface area contributed by atoms with Gasteiger partial charge in [0, 0.05) is 12.6 Å². The minimum Gasteiger partial charge on any atom is -0.262 e. The van der Waals surface area contributed by atoms with E-state index in [1.807, 2.05) is 14.0 Å². The van der Waals surface area contributed by atoms with Gasteiger partial charge in [-0.1, -0.05) is 0 Å². The molecule has 0 unspecified atom stereocenters. The van der Waals surface area contributed by atoms with E-state index in [0.717, 1.165) is 10.6 Å². The van der Waals surface area contributed by atoms with Gasteiger partial charge in [-0.25, -0.2) is 0 Å². The van der Waals surface area contributed by atoms with Crippen molar-refractivity contribution in [2.75, 3.05) is 0 Å². The Balaban J connectivity index is 3.19. The van der Waals surface area contributed by atoms with E-state index in [1.165, 1.54) is 0 Å². The summed E-state index contributed by atoms with van der Waals surface area (Å²) in [6.45, 7) is 1.98. The van der Waals surface area contributed by atoms with Crippen LogP contribution in [0.2, 0.25) is 0 Å². The molecule has 2 nitrogen and oxygen atoms in total. The van der Waals surface area contributed by atoms with Crippen LogP contribution in [0.4, 0.5) is 0 Å². The van der Waals surface area contributed by atoms with Gasteiger partial charge < -0.3 is 0 Å². The Hall–Kier alpha value is -0.440. The van der Waals surface area contributed by atoms with Crippen LogP contribution in [0.1, 0.15) is 5.56 Å². The molecule has 0 radical (unpaired) electrons. The molecule has 0 fully saturated rings. The number of thiol groups is 1. The van der Waals surface area contributed by atoms with Crippen molar-refractivity contribution in [3.63, 3.8) is 0 Å². The van der Waals surface area contributed by atoms with Crippen LogP contribution in [0.15, 0.2) is 11.2 Å². The van der Waals surface area contributed by atoms with Crippen LogP contribution in [0, 0.1) is 6.92 Å². The Morgan fingerprint density at radius 2 is 2.38 bits per heavy atom. The molecule has 1 aromatic heterocycles. The summed E-state index contributed by atoms with van der Waals surface area (Å²) in [5.74, 6) is 0. The summed E-state index contributed by atoms with van der Waals surface area (Å²) in [4.78, 5) is 0. The first kappa shape index (κ1) is 5.69. The Bertz CT molecular complexity index is 173. The lowest BCUT2D eigenvalue weighted by molar-refractivity contribution is 0.698. The molecule has 1 rings (SSSR count). The van der Waals surface area contributed by atoms with Crippen molar-refractivity contribution >= 4 is 12.6 Å². The van der Waals surface area contributed by atoms with Gasteiger partial charge in [0.25, 0.3) is 0 Å². The number of hydrogen-bond acceptors (Lipinski definition) is 2. The van der Waals surface area contributed by atoms with Gasteiger partial charge in [-0.3, -0.25) is 4.68 Å². The third-order valence-corrected chi connectivity index (χ3v) is 1.73. The van der Waals surface area contributed by atoms with Crippen LogP contribution >= 0.6 is 12.6 Å². The first-order valence-corrected chi connectivity index (χ1v) is 2.84. The second kappa shape index (κ2) is 1.82. The maximum absolute atomic E-state index is 4.16. The van der Waals surface area contributed by atoms with Gasteiger partial charge in [-0.05, 0) is 6.92 Å². The molecule has 0 spiro atoms. The largest absolute Gasteiger partial charge is 0.262 e. The molecule has 44 valence electrons. The molecule has 0 bridgehead atoms. The van der Waals surface area contributed by atoms with Gasteiger partial charge in [0.2, 0.25) is 0 Å². The Labute approximate surface area is 53.9 Å². The molecule has 8 heavy (non-hydrogen) atoms. The van der Waals surface area contributed by atoms with Crippen molar-refractivity contribution in [3.05, 3.63) is 11.8 Å². The standard InChI is InChI=1S/C5H8N2S/c1-4-3-6-7(2)5(4)8/h3,8H,1-2H3. The number of aromatic nitrogens is 2. The molecule has 0 aliphatic heterocycles. The third-order valence-electron chi connectivity index (χ3n) is 1.08. The number of aryl methyl sites for hydroxylation is 2. The van der Waals surface area contributed by atoms with Crippen molar-refractivity contribution < 1.29 is 0 Å². The molecule has 0 aliphatic rings. The monoisotopic (exact) mass is 128 g/mol. The van der Waals surface area contributed by atoms with E-state index in [4.69, 9.17) is 0 Å². The van der Waals surface area contributed by atoms with E-state index in [-0.39, 0.29) is 0 Å². The first-order valence-electron chi connectivity index (χ1n) is 2.39. The second-order valence-electron chi connectivity index (χ2n) is 1.77. The quantitative estimate of drug-likeness (QED) is 0.516. The summed E-state index contributed by atoms with van der Waals surface area (Å²) in [6, 6.07) is 0. The van der Waals surface area contributed by atoms with Crippen LogP contribution < -0.4 is 0 Å². The van der Waals surface area contributed by atoms with Crippen molar-refractivity contribution in [3.8, 4) is 0 Å². The number of hydrogen-bond donors (Lipinski definition) is 1. The molecule has 0 N–H and O–H groups in total. The van der Waals surface area contributed by atoms with Gasteiger partial charge >= 0.3 is 0 Å². The molecular weight excluding hydrogens is 120 g/mol. The first-order chi connectivity index (χ1) is 3.72. The lowest BCUT2D eigenvalue weighted by Gasteiger charge is -1.89.